The molecule has 4 heterocycles. The summed E-state index contributed by atoms with van der Waals surface area (Å²) in [6.45, 7) is 4.44. The Kier molecular flexibility index (Phi) is 9.47. The highest BCUT2D eigenvalue weighted by molar-refractivity contribution is 6.31. The molecular formula is C39H44ClN5O5. The van der Waals surface area contributed by atoms with Gasteiger partial charge < -0.3 is 30.2 Å². The molecule has 10 nitrogen and oxygen atoms in total. The molecule has 0 bridgehead atoms. The fourth-order valence-electron chi connectivity index (χ4n) is 8.23. The third-order valence-corrected chi connectivity index (χ3v) is 11.3. The van der Waals surface area contributed by atoms with E-state index in [9.17, 15) is 24.6 Å². The molecule has 0 saturated carbocycles. The van der Waals surface area contributed by atoms with Crippen LogP contribution in [0.1, 0.15) is 50.2 Å². The lowest BCUT2D eigenvalue weighted by Crippen LogP contribution is -2.55. The maximum absolute atomic E-state index is 14.3. The minimum absolute atomic E-state index is 0.0602. The van der Waals surface area contributed by atoms with Crippen molar-refractivity contribution in [3.63, 3.8) is 0 Å². The number of likely N-dealkylation sites (tertiary alicyclic amines) is 1. The summed E-state index contributed by atoms with van der Waals surface area (Å²) in [6.07, 6.45) is 6.58. The first-order chi connectivity index (χ1) is 24.2. The molecular weight excluding hydrogens is 654 g/mol. The number of aliphatic hydroxyl groups is 2. The number of nitrogens with one attached hydrogen (secondary N) is 1. The fraction of sp³-hybridized carbons (Fsp3) is 0.410. The van der Waals surface area contributed by atoms with Gasteiger partial charge in [-0.25, -0.2) is 0 Å². The highest BCUT2D eigenvalue weighted by Crippen LogP contribution is 2.47. The molecule has 0 radical (unpaired) electrons. The van der Waals surface area contributed by atoms with E-state index in [4.69, 9.17) is 11.6 Å². The zero-order chi connectivity index (χ0) is 35.0. The Morgan fingerprint density at radius 1 is 1.02 bits per heavy atom. The number of nitrogens with zero attached hydrogens (tertiary/aromatic N) is 4. The van der Waals surface area contributed by atoms with Crippen molar-refractivity contribution < 1.29 is 24.6 Å². The normalized spacial score (nSPS) is 23.8. The molecule has 0 unspecified atom stereocenters. The second kappa shape index (κ2) is 13.8. The summed E-state index contributed by atoms with van der Waals surface area (Å²) in [5, 5.41) is 25.6. The Balaban J connectivity index is 1.13. The number of hydrogen-bond donors (Lipinski definition) is 3. The van der Waals surface area contributed by atoms with Crippen LogP contribution in [0.5, 0.6) is 0 Å². The average Bonchev–Trinajstić information content (AvgIpc) is 3.79. The van der Waals surface area contributed by atoms with Crippen LogP contribution < -0.4 is 20.0 Å². The molecule has 0 aromatic heterocycles. The van der Waals surface area contributed by atoms with Crippen molar-refractivity contribution in [2.75, 3.05) is 47.6 Å². The lowest BCUT2D eigenvalue weighted by atomic mass is 9.83. The summed E-state index contributed by atoms with van der Waals surface area (Å²) in [4.78, 5) is 48.7. The van der Waals surface area contributed by atoms with Crippen molar-refractivity contribution >= 4 is 46.4 Å². The first-order valence-corrected chi connectivity index (χ1v) is 17.9. The van der Waals surface area contributed by atoms with Crippen LogP contribution in [0.2, 0.25) is 5.02 Å². The molecule has 262 valence electrons. The van der Waals surface area contributed by atoms with E-state index in [1.54, 1.807) is 47.1 Å². The quantitative estimate of drug-likeness (QED) is 0.281. The van der Waals surface area contributed by atoms with Gasteiger partial charge in [0.05, 0.1) is 31.5 Å². The van der Waals surface area contributed by atoms with Crippen LogP contribution in [0.4, 0.5) is 17.1 Å². The number of amides is 3. The van der Waals surface area contributed by atoms with Gasteiger partial charge >= 0.3 is 0 Å². The maximum atomic E-state index is 14.3. The summed E-state index contributed by atoms with van der Waals surface area (Å²) < 4.78 is 0. The zero-order valence-corrected chi connectivity index (χ0v) is 29.1. The summed E-state index contributed by atoms with van der Waals surface area (Å²) in [5.41, 5.74) is 1.01. The molecule has 4 aliphatic heterocycles. The fourth-order valence-corrected chi connectivity index (χ4v) is 8.40. The van der Waals surface area contributed by atoms with Crippen molar-refractivity contribution in [1.29, 1.82) is 0 Å². The summed E-state index contributed by atoms with van der Waals surface area (Å²) in [6, 6.07) is 22.7. The number of carbonyl (C=O) groups is 3. The van der Waals surface area contributed by atoms with Gasteiger partial charge in [0.2, 0.25) is 5.91 Å². The third-order valence-electron chi connectivity index (χ3n) is 11.0. The monoisotopic (exact) mass is 697 g/mol. The average molecular weight is 698 g/mol. The number of aliphatic hydroxyl groups excluding tert-OH is 1. The van der Waals surface area contributed by atoms with Crippen LogP contribution in [0.25, 0.3) is 0 Å². The first-order valence-electron chi connectivity index (χ1n) is 17.5. The zero-order valence-electron chi connectivity index (χ0n) is 28.3. The number of fused-ring (bicyclic) bond motifs is 1. The largest absolute Gasteiger partial charge is 0.394 e. The summed E-state index contributed by atoms with van der Waals surface area (Å²) >= 11 is 6.41. The van der Waals surface area contributed by atoms with Crippen LogP contribution in [-0.2, 0) is 26.5 Å². The molecule has 11 heteroatoms. The SMILES string of the molecule is C[C@@H](/C=C/CC(=O)N1CCC[C@H]1CO)[C@]1(O)C(=O)N(Cc2cccc(N3CN(c4ccccc4)C4(CCNCC4)C3=O)c2)c2ccc(Cl)cc21. The van der Waals surface area contributed by atoms with Crippen LogP contribution in [-0.4, -0.2) is 77.3 Å². The molecule has 3 N–H and O–H groups in total. The van der Waals surface area contributed by atoms with Gasteiger partial charge in [0.25, 0.3) is 11.8 Å². The number of rotatable bonds is 9. The molecule has 3 aromatic carbocycles. The van der Waals surface area contributed by atoms with E-state index < -0.39 is 23.0 Å². The van der Waals surface area contributed by atoms with Crippen LogP contribution in [0, 0.1) is 5.92 Å². The van der Waals surface area contributed by atoms with Gasteiger partial charge in [0.1, 0.15) is 5.54 Å². The number of carbonyl (C=O) groups excluding carboxylic acids is 3. The first kappa shape index (κ1) is 34.2. The Morgan fingerprint density at radius 2 is 1.78 bits per heavy atom. The van der Waals surface area contributed by atoms with Crippen LogP contribution in [0.3, 0.4) is 0 Å². The predicted molar refractivity (Wildman–Crippen MR) is 194 cm³/mol. The van der Waals surface area contributed by atoms with Crippen LogP contribution in [0.15, 0.2) is 84.9 Å². The number of anilines is 3. The number of halogens is 1. The van der Waals surface area contributed by atoms with E-state index in [2.05, 4.69) is 22.3 Å². The minimum atomic E-state index is -1.90. The third kappa shape index (κ3) is 5.88. The standard InChI is InChI=1S/C39H44ClN5O5/c1-27(8-5-14-35(47)42-21-7-13-32(42)25-46)39(50)33-23-29(40)15-16-34(33)43(37(39)49)24-28-9-6-12-31(22-28)44-26-45(30-10-3-2-4-11-30)38(36(44)48)17-19-41-20-18-38/h2-6,8-12,15-16,22-23,27,32,41,46,50H,7,13-14,17-21,24-26H2,1H3/b8-5+/t27-,32-,39+/m0/s1. The smallest absolute Gasteiger partial charge is 0.264 e. The summed E-state index contributed by atoms with van der Waals surface area (Å²) in [7, 11) is 0. The Hall–Kier alpha value is -4.22. The van der Waals surface area contributed by atoms with Crippen molar-refractivity contribution in [2.24, 2.45) is 5.92 Å². The Bertz CT molecular complexity index is 1800. The number of para-hydroxylation sites is 1. The Morgan fingerprint density at radius 3 is 2.54 bits per heavy atom. The van der Waals surface area contributed by atoms with Gasteiger partial charge in [0.15, 0.2) is 5.60 Å². The summed E-state index contributed by atoms with van der Waals surface area (Å²) in [5.74, 6) is -1.17. The van der Waals surface area contributed by atoms with Gasteiger partial charge in [-0.1, -0.05) is 61.0 Å². The minimum Gasteiger partial charge on any atom is -0.394 e. The van der Waals surface area contributed by atoms with Gasteiger partial charge in [-0.05, 0) is 86.8 Å². The lowest BCUT2D eigenvalue weighted by Gasteiger charge is -2.39. The van der Waals surface area contributed by atoms with Gasteiger partial charge in [0, 0.05) is 40.8 Å². The second-order valence-electron chi connectivity index (χ2n) is 13.9. The van der Waals surface area contributed by atoms with E-state index in [0.717, 1.165) is 42.9 Å². The van der Waals surface area contributed by atoms with E-state index in [0.29, 0.717) is 42.3 Å². The number of benzene rings is 3. The van der Waals surface area contributed by atoms with Gasteiger partial charge in [-0.15, -0.1) is 0 Å². The molecule has 0 aliphatic carbocycles. The number of hydrogen-bond acceptors (Lipinski definition) is 7. The number of piperidine rings is 1. The molecule has 3 fully saturated rings. The van der Waals surface area contributed by atoms with Crippen LogP contribution >= 0.6 is 11.6 Å². The lowest BCUT2D eigenvalue weighted by molar-refractivity contribution is -0.139. The van der Waals surface area contributed by atoms with E-state index >= 15 is 0 Å². The highest BCUT2D eigenvalue weighted by atomic mass is 35.5. The van der Waals surface area contributed by atoms with E-state index in [1.807, 2.05) is 47.4 Å². The maximum Gasteiger partial charge on any atom is 0.264 e. The van der Waals surface area contributed by atoms with Crippen molar-refractivity contribution in [3.05, 3.63) is 101 Å². The second-order valence-corrected chi connectivity index (χ2v) is 14.3. The van der Waals surface area contributed by atoms with E-state index in [1.165, 1.54) is 0 Å². The molecule has 4 aliphatic rings. The predicted octanol–water partition coefficient (Wildman–Crippen LogP) is 4.57. The molecule has 3 amide bonds. The van der Waals surface area contributed by atoms with E-state index in [-0.39, 0.29) is 37.4 Å². The van der Waals surface area contributed by atoms with Gasteiger partial charge in [-0.3, -0.25) is 19.3 Å². The molecule has 3 aromatic rings. The topological polar surface area (TPSA) is 117 Å². The van der Waals surface area contributed by atoms with Crippen molar-refractivity contribution in [1.82, 2.24) is 10.2 Å². The molecule has 3 saturated heterocycles. The Labute approximate surface area is 297 Å². The molecule has 1 spiro atoms. The highest BCUT2D eigenvalue weighted by Gasteiger charge is 2.54. The van der Waals surface area contributed by atoms with Crippen molar-refractivity contribution in [3.8, 4) is 0 Å². The van der Waals surface area contributed by atoms with Gasteiger partial charge in [-0.2, -0.15) is 0 Å². The molecule has 50 heavy (non-hydrogen) atoms. The molecule has 7 rings (SSSR count). The molecule has 3 atom stereocenters. The van der Waals surface area contributed by atoms with Crippen molar-refractivity contribution in [2.45, 2.75) is 62.8 Å².